The summed E-state index contributed by atoms with van der Waals surface area (Å²) in [5, 5.41) is 9.11. The average molecular weight is 344 g/mol. The van der Waals surface area contributed by atoms with Gasteiger partial charge in [-0.15, -0.1) is 10.2 Å². The number of hydrogen-bond acceptors (Lipinski definition) is 4. The van der Waals surface area contributed by atoms with Gasteiger partial charge in [0.2, 0.25) is 0 Å². The van der Waals surface area contributed by atoms with Crippen molar-refractivity contribution in [3.63, 3.8) is 0 Å². The third kappa shape index (κ3) is 3.63. The van der Waals surface area contributed by atoms with Crippen LogP contribution >= 0.6 is 23.4 Å². The number of ketones is 1. The molecule has 1 atom stereocenters. The van der Waals surface area contributed by atoms with Crippen molar-refractivity contribution in [1.82, 2.24) is 14.8 Å². The van der Waals surface area contributed by atoms with Crippen LogP contribution < -0.4 is 0 Å². The summed E-state index contributed by atoms with van der Waals surface area (Å²) in [6.07, 6.45) is 1.65. The molecule has 0 aliphatic carbocycles. The molecule has 3 aromatic rings. The first kappa shape index (κ1) is 15.8. The van der Waals surface area contributed by atoms with Crippen LogP contribution in [-0.2, 0) is 0 Å². The number of carbonyl (C=O) groups is 1. The second-order valence-corrected chi connectivity index (χ2v) is 6.69. The van der Waals surface area contributed by atoms with Gasteiger partial charge in [0.25, 0.3) is 0 Å². The molecular formula is C17H14ClN3OS. The summed E-state index contributed by atoms with van der Waals surface area (Å²) in [7, 11) is 0. The van der Waals surface area contributed by atoms with Crippen molar-refractivity contribution in [1.29, 1.82) is 0 Å². The van der Waals surface area contributed by atoms with Crippen LogP contribution in [0.4, 0.5) is 0 Å². The highest BCUT2D eigenvalue weighted by Gasteiger charge is 2.19. The van der Waals surface area contributed by atoms with Crippen molar-refractivity contribution in [2.24, 2.45) is 0 Å². The first-order valence-corrected chi connectivity index (χ1v) is 8.33. The van der Waals surface area contributed by atoms with Crippen molar-refractivity contribution < 1.29 is 4.79 Å². The molecule has 0 amide bonds. The van der Waals surface area contributed by atoms with Gasteiger partial charge in [0.1, 0.15) is 6.33 Å². The predicted octanol–water partition coefficient (Wildman–Crippen LogP) is 4.28. The lowest BCUT2D eigenvalue weighted by atomic mass is 10.1. The predicted molar refractivity (Wildman–Crippen MR) is 92.5 cm³/mol. The van der Waals surface area contributed by atoms with E-state index in [1.54, 1.807) is 30.6 Å². The molecule has 0 fully saturated rings. The van der Waals surface area contributed by atoms with Gasteiger partial charge >= 0.3 is 0 Å². The Balaban J connectivity index is 1.79. The van der Waals surface area contributed by atoms with Gasteiger partial charge in [-0.2, -0.15) is 0 Å². The van der Waals surface area contributed by atoms with Crippen LogP contribution in [0, 0.1) is 0 Å². The molecule has 2 aromatic carbocycles. The van der Waals surface area contributed by atoms with Gasteiger partial charge in [0, 0.05) is 16.3 Å². The minimum absolute atomic E-state index is 0.0364. The molecule has 0 bridgehead atoms. The van der Waals surface area contributed by atoms with E-state index >= 15 is 0 Å². The largest absolute Gasteiger partial charge is 0.293 e. The molecule has 4 nitrogen and oxygen atoms in total. The third-order valence-electron chi connectivity index (χ3n) is 3.33. The van der Waals surface area contributed by atoms with Crippen molar-refractivity contribution in [2.75, 3.05) is 0 Å². The lowest BCUT2D eigenvalue weighted by Gasteiger charge is -2.11. The molecule has 0 radical (unpaired) electrons. The quantitative estimate of drug-likeness (QED) is 0.512. The van der Waals surface area contributed by atoms with Crippen LogP contribution in [0.3, 0.4) is 0 Å². The zero-order chi connectivity index (χ0) is 16.2. The van der Waals surface area contributed by atoms with E-state index in [2.05, 4.69) is 10.2 Å². The number of benzene rings is 2. The van der Waals surface area contributed by atoms with E-state index in [1.807, 2.05) is 41.8 Å². The van der Waals surface area contributed by atoms with Crippen molar-refractivity contribution in [3.8, 4) is 5.69 Å². The second-order valence-electron chi connectivity index (χ2n) is 4.95. The van der Waals surface area contributed by atoms with Gasteiger partial charge in [0.05, 0.1) is 5.25 Å². The van der Waals surface area contributed by atoms with Crippen LogP contribution in [0.2, 0.25) is 5.02 Å². The maximum Gasteiger partial charge on any atom is 0.196 e. The van der Waals surface area contributed by atoms with Gasteiger partial charge in [-0.25, -0.2) is 0 Å². The summed E-state index contributed by atoms with van der Waals surface area (Å²) >= 11 is 7.25. The fourth-order valence-corrected chi connectivity index (χ4v) is 3.18. The molecule has 0 aliphatic rings. The number of hydrogen-bond donors (Lipinski definition) is 0. The summed E-state index contributed by atoms with van der Waals surface area (Å²) in [4.78, 5) is 12.5. The number of nitrogens with zero attached hydrogens (tertiary/aromatic N) is 3. The van der Waals surface area contributed by atoms with Gasteiger partial charge in [-0.05, 0) is 43.3 Å². The molecule has 0 aliphatic heterocycles. The molecule has 6 heteroatoms. The lowest BCUT2D eigenvalue weighted by molar-refractivity contribution is 0.0994. The smallest absolute Gasteiger partial charge is 0.196 e. The fraction of sp³-hybridized carbons (Fsp3) is 0.118. The monoisotopic (exact) mass is 343 g/mol. The van der Waals surface area contributed by atoms with E-state index in [9.17, 15) is 4.79 Å². The minimum Gasteiger partial charge on any atom is -0.293 e. The van der Waals surface area contributed by atoms with Crippen LogP contribution in [-0.4, -0.2) is 25.8 Å². The number of para-hydroxylation sites is 1. The van der Waals surface area contributed by atoms with E-state index in [-0.39, 0.29) is 11.0 Å². The summed E-state index contributed by atoms with van der Waals surface area (Å²) < 4.78 is 1.87. The van der Waals surface area contributed by atoms with Crippen molar-refractivity contribution in [3.05, 3.63) is 71.5 Å². The van der Waals surface area contributed by atoms with Crippen LogP contribution in [0.25, 0.3) is 5.69 Å². The molecule has 1 unspecified atom stereocenters. The summed E-state index contributed by atoms with van der Waals surface area (Å²) in [6.45, 7) is 1.87. The lowest BCUT2D eigenvalue weighted by Crippen LogP contribution is -2.14. The highest BCUT2D eigenvalue weighted by molar-refractivity contribution is 8.00. The molecule has 1 heterocycles. The zero-order valence-electron chi connectivity index (χ0n) is 12.4. The molecule has 0 N–H and O–H groups in total. The molecular weight excluding hydrogens is 330 g/mol. The molecule has 0 spiro atoms. The molecule has 3 rings (SSSR count). The Morgan fingerprint density at radius 2 is 1.83 bits per heavy atom. The Labute approximate surface area is 143 Å². The Kier molecular flexibility index (Phi) is 4.79. The highest BCUT2D eigenvalue weighted by atomic mass is 35.5. The van der Waals surface area contributed by atoms with E-state index < -0.39 is 0 Å². The second kappa shape index (κ2) is 6.98. The molecule has 23 heavy (non-hydrogen) atoms. The maximum atomic E-state index is 12.5. The minimum atomic E-state index is -0.275. The first-order chi connectivity index (χ1) is 11.1. The van der Waals surface area contributed by atoms with Crippen LogP contribution in [0.15, 0.2) is 66.1 Å². The summed E-state index contributed by atoms with van der Waals surface area (Å²) in [6, 6.07) is 16.7. The molecule has 116 valence electrons. The van der Waals surface area contributed by atoms with Crippen molar-refractivity contribution in [2.45, 2.75) is 17.3 Å². The SMILES string of the molecule is CC(Sc1nncn1-c1ccccc1)C(=O)c1ccc(Cl)cc1. The zero-order valence-corrected chi connectivity index (χ0v) is 14.0. The molecule has 1 aromatic heterocycles. The van der Waals surface area contributed by atoms with E-state index in [4.69, 9.17) is 11.6 Å². The van der Waals surface area contributed by atoms with E-state index in [0.717, 1.165) is 5.69 Å². The maximum absolute atomic E-state index is 12.5. The number of aromatic nitrogens is 3. The average Bonchev–Trinajstić information content (AvgIpc) is 3.04. The van der Waals surface area contributed by atoms with Gasteiger partial charge in [0.15, 0.2) is 10.9 Å². The first-order valence-electron chi connectivity index (χ1n) is 7.07. The van der Waals surface area contributed by atoms with Crippen LogP contribution in [0.1, 0.15) is 17.3 Å². The van der Waals surface area contributed by atoms with E-state index in [1.165, 1.54) is 11.8 Å². The summed E-state index contributed by atoms with van der Waals surface area (Å²) in [5.74, 6) is 0.0364. The van der Waals surface area contributed by atoms with Gasteiger partial charge in [-0.1, -0.05) is 41.6 Å². The van der Waals surface area contributed by atoms with Crippen molar-refractivity contribution >= 4 is 29.1 Å². The number of thioether (sulfide) groups is 1. The molecule has 0 saturated carbocycles. The Hall–Kier alpha value is -2.11. The Morgan fingerprint density at radius 3 is 2.52 bits per heavy atom. The summed E-state index contributed by atoms with van der Waals surface area (Å²) in [5.41, 5.74) is 1.60. The third-order valence-corrected chi connectivity index (χ3v) is 4.64. The van der Waals surface area contributed by atoms with Gasteiger partial charge < -0.3 is 0 Å². The number of Topliss-reactive ketones (excluding diaryl/α,β-unsaturated/α-hetero) is 1. The van der Waals surface area contributed by atoms with E-state index in [0.29, 0.717) is 15.7 Å². The number of rotatable bonds is 5. The fourth-order valence-electron chi connectivity index (χ4n) is 2.13. The standard InChI is InChI=1S/C17H14ClN3OS/c1-12(16(22)13-7-9-14(18)10-8-13)23-17-20-19-11-21(17)15-5-3-2-4-6-15/h2-12H,1H3. The normalized spacial score (nSPS) is 12.1. The van der Waals surface area contributed by atoms with Gasteiger partial charge in [-0.3, -0.25) is 9.36 Å². The molecule has 0 saturated heterocycles. The Morgan fingerprint density at radius 1 is 1.13 bits per heavy atom. The highest BCUT2D eigenvalue weighted by Crippen LogP contribution is 2.26. The topological polar surface area (TPSA) is 47.8 Å². The number of halogens is 1. The van der Waals surface area contributed by atoms with Crippen LogP contribution in [0.5, 0.6) is 0 Å². The Bertz CT molecular complexity index is 802. The number of carbonyl (C=O) groups excluding carboxylic acids is 1.